The van der Waals surface area contributed by atoms with E-state index >= 15 is 0 Å². The summed E-state index contributed by atoms with van der Waals surface area (Å²) in [7, 11) is 1.95. The molecule has 0 saturated carbocycles. The molecule has 1 aromatic heterocycles. The topological polar surface area (TPSA) is 24.9 Å². The number of halogens is 2. The number of nitrogens with zero attached hydrogens (tertiary/aromatic N) is 1. The van der Waals surface area contributed by atoms with Crippen molar-refractivity contribution in [2.24, 2.45) is 0 Å². The van der Waals surface area contributed by atoms with Crippen molar-refractivity contribution in [2.75, 3.05) is 7.05 Å². The number of pyridine rings is 1. The first kappa shape index (κ1) is 14.9. The van der Waals surface area contributed by atoms with Crippen molar-refractivity contribution < 1.29 is 0 Å². The number of aromatic nitrogens is 1. The van der Waals surface area contributed by atoms with Crippen LogP contribution in [0.3, 0.4) is 0 Å². The number of nitrogens with one attached hydrogen (secondary N) is 1. The predicted octanol–water partition coefficient (Wildman–Crippen LogP) is 4.93. The van der Waals surface area contributed by atoms with E-state index in [-0.39, 0.29) is 6.04 Å². The van der Waals surface area contributed by atoms with E-state index in [1.165, 1.54) is 5.56 Å². The van der Waals surface area contributed by atoms with Crippen LogP contribution in [-0.4, -0.2) is 12.0 Å². The summed E-state index contributed by atoms with van der Waals surface area (Å²) in [6.07, 6.45) is 1.76. The van der Waals surface area contributed by atoms with Gasteiger partial charge in [0.15, 0.2) is 0 Å². The van der Waals surface area contributed by atoms with Gasteiger partial charge >= 0.3 is 0 Å². The summed E-state index contributed by atoms with van der Waals surface area (Å²) in [5.41, 5.74) is 1.23. The number of benzene rings is 1. The highest BCUT2D eigenvalue weighted by molar-refractivity contribution is 9.10. The summed E-state index contributed by atoms with van der Waals surface area (Å²) in [4.78, 5) is 5.47. The van der Waals surface area contributed by atoms with Gasteiger partial charge in [0.05, 0.1) is 5.02 Å². The quantitative estimate of drug-likeness (QED) is 0.840. The van der Waals surface area contributed by atoms with Crippen LogP contribution in [0.1, 0.15) is 18.5 Å². The highest BCUT2D eigenvalue weighted by Crippen LogP contribution is 2.36. The fourth-order valence-corrected chi connectivity index (χ4v) is 3.45. The van der Waals surface area contributed by atoms with E-state index < -0.39 is 0 Å². The van der Waals surface area contributed by atoms with Crippen molar-refractivity contribution >= 4 is 39.3 Å². The van der Waals surface area contributed by atoms with Gasteiger partial charge in [-0.25, -0.2) is 4.98 Å². The molecule has 5 heteroatoms. The molecule has 0 aliphatic heterocycles. The fourth-order valence-electron chi connectivity index (χ4n) is 1.66. The molecular formula is C14H14BrClN2S. The van der Waals surface area contributed by atoms with Gasteiger partial charge in [0, 0.05) is 21.6 Å². The van der Waals surface area contributed by atoms with Gasteiger partial charge in [0.1, 0.15) is 5.03 Å². The SMILES string of the molecule is CNC(C)c1ccc(Br)cc1Sc1ncccc1Cl. The maximum Gasteiger partial charge on any atom is 0.119 e. The molecule has 1 aromatic carbocycles. The van der Waals surface area contributed by atoms with Gasteiger partial charge in [-0.2, -0.15) is 0 Å². The van der Waals surface area contributed by atoms with Crippen molar-refractivity contribution in [3.05, 3.63) is 51.6 Å². The minimum Gasteiger partial charge on any atom is -0.313 e. The molecule has 0 saturated heterocycles. The molecule has 0 amide bonds. The Morgan fingerprint density at radius 1 is 1.37 bits per heavy atom. The Morgan fingerprint density at radius 2 is 2.16 bits per heavy atom. The van der Waals surface area contributed by atoms with E-state index in [1.807, 2.05) is 25.2 Å². The molecule has 1 heterocycles. The highest BCUT2D eigenvalue weighted by atomic mass is 79.9. The molecular weight excluding hydrogens is 344 g/mol. The third-order valence-electron chi connectivity index (χ3n) is 2.81. The Hall–Kier alpha value is -0.550. The van der Waals surface area contributed by atoms with Crippen LogP contribution in [0, 0.1) is 0 Å². The van der Waals surface area contributed by atoms with Crippen LogP contribution in [-0.2, 0) is 0 Å². The van der Waals surface area contributed by atoms with E-state index in [1.54, 1.807) is 18.0 Å². The van der Waals surface area contributed by atoms with E-state index in [4.69, 9.17) is 11.6 Å². The lowest BCUT2D eigenvalue weighted by atomic mass is 10.1. The summed E-state index contributed by atoms with van der Waals surface area (Å²) in [5, 5.41) is 4.76. The van der Waals surface area contributed by atoms with Crippen molar-refractivity contribution in [1.82, 2.24) is 10.3 Å². The van der Waals surface area contributed by atoms with Gasteiger partial charge in [0.25, 0.3) is 0 Å². The molecule has 1 N–H and O–H groups in total. The molecule has 0 bridgehead atoms. The van der Waals surface area contributed by atoms with Gasteiger partial charge in [-0.15, -0.1) is 0 Å². The zero-order valence-electron chi connectivity index (χ0n) is 10.7. The first-order valence-electron chi connectivity index (χ1n) is 5.87. The predicted molar refractivity (Wildman–Crippen MR) is 85.0 cm³/mol. The van der Waals surface area contributed by atoms with E-state index in [0.29, 0.717) is 5.02 Å². The van der Waals surface area contributed by atoms with Gasteiger partial charge < -0.3 is 5.32 Å². The monoisotopic (exact) mass is 356 g/mol. The van der Waals surface area contributed by atoms with Crippen LogP contribution >= 0.6 is 39.3 Å². The Morgan fingerprint density at radius 3 is 2.84 bits per heavy atom. The minimum absolute atomic E-state index is 0.276. The Labute approximate surface area is 131 Å². The fraction of sp³-hybridized carbons (Fsp3) is 0.214. The molecule has 0 spiro atoms. The molecule has 100 valence electrons. The van der Waals surface area contributed by atoms with Crippen LogP contribution in [0.2, 0.25) is 5.02 Å². The van der Waals surface area contributed by atoms with Crippen molar-refractivity contribution in [3.63, 3.8) is 0 Å². The minimum atomic E-state index is 0.276. The maximum atomic E-state index is 6.17. The summed E-state index contributed by atoms with van der Waals surface area (Å²) < 4.78 is 1.05. The van der Waals surface area contributed by atoms with E-state index in [2.05, 4.69) is 45.3 Å². The zero-order chi connectivity index (χ0) is 13.8. The van der Waals surface area contributed by atoms with E-state index in [9.17, 15) is 0 Å². The summed E-state index contributed by atoms with van der Waals surface area (Å²) in [6, 6.07) is 10.2. The smallest absolute Gasteiger partial charge is 0.119 e. The summed E-state index contributed by atoms with van der Waals surface area (Å²) in [5.74, 6) is 0. The molecule has 2 nitrogen and oxygen atoms in total. The van der Waals surface area contributed by atoms with Gasteiger partial charge in [-0.05, 0) is 43.8 Å². The Bertz CT molecular complexity index is 577. The van der Waals surface area contributed by atoms with Gasteiger partial charge in [-0.3, -0.25) is 0 Å². The van der Waals surface area contributed by atoms with Crippen LogP contribution in [0.15, 0.2) is 50.9 Å². The number of hydrogen-bond acceptors (Lipinski definition) is 3. The third kappa shape index (κ3) is 3.72. The number of rotatable bonds is 4. The first-order chi connectivity index (χ1) is 9.11. The summed E-state index contributed by atoms with van der Waals surface area (Å²) in [6.45, 7) is 2.13. The normalized spacial score (nSPS) is 12.4. The molecule has 1 unspecified atom stereocenters. The number of hydrogen-bond donors (Lipinski definition) is 1. The average Bonchev–Trinajstić information content (AvgIpc) is 2.41. The highest BCUT2D eigenvalue weighted by Gasteiger charge is 2.12. The maximum absolute atomic E-state index is 6.17. The molecule has 2 rings (SSSR count). The molecule has 19 heavy (non-hydrogen) atoms. The second-order valence-electron chi connectivity index (χ2n) is 4.08. The molecule has 0 aliphatic carbocycles. The molecule has 0 aliphatic rings. The molecule has 0 fully saturated rings. The largest absolute Gasteiger partial charge is 0.313 e. The van der Waals surface area contributed by atoms with Crippen LogP contribution < -0.4 is 5.32 Å². The average molecular weight is 358 g/mol. The second kappa shape index (κ2) is 6.75. The standard InChI is InChI=1S/C14H14BrClN2S/c1-9(17-2)11-6-5-10(15)8-13(11)19-14-12(16)4-3-7-18-14/h3-9,17H,1-2H3. The zero-order valence-corrected chi connectivity index (χ0v) is 13.8. The van der Waals surface area contributed by atoms with E-state index in [0.717, 1.165) is 14.4 Å². The lowest BCUT2D eigenvalue weighted by Gasteiger charge is -2.16. The summed E-state index contributed by atoms with van der Waals surface area (Å²) >= 11 is 11.3. The van der Waals surface area contributed by atoms with Crippen molar-refractivity contribution in [3.8, 4) is 0 Å². The Kier molecular flexibility index (Phi) is 5.28. The molecule has 1 atom stereocenters. The lowest BCUT2D eigenvalue weighted by molar-refractivity contribution is 0.641. The van der Waals surface area contributed by atoms with Crippen molar-refractivity contribution in [1.29, 1.82) is 0 Å². The Balaban J connectivity index is 2.38. The first-order valence-corrected chi connectivity index (χ1v) is 7.85. The van der Waals surface area contributed by atoms with Crippen LogP contribution in [0.25, 0.3) is 0 Å². The molecule has 0 radical (unpaired) electrons. The van der Waals surface area contributed by atoms with Crippen molar-refractivity contribution in [2.45, 2.75) is 22.9 Å². The van der Waals surface area contributed by atoms with Gasteiger partial charge in [0.2, 0.25) is 0 Å². The van der Waals surface area contributed by atoms with Crippen LogP contribution in [0.4, 0.5) is 0 Å². The second-order valence-corrected chi connectivity index (χ2v) is 6.44. The third-order valence-corrected chi connectivity index (χ3v) is 4.81. The van der Waals surface area contributed by atoms with Gasteiger partial charge in [-0.1, -0.05) is 45.4 Å². The molecule has 2 aromatic rings. The lowest BCUT2D eigenvalue weighted by Crippen LogP contribution is -2.13. The van der Waals surface area contributed by atoms with Crippen LogP contribution in [0.5, 0.6) is 0 Å².